The maximum Gasteiger partial charge on any atom is 0.263 e. The summed E-state index contributed by atoms with van der Waals surface area (Å²) in [5, 5.41) is 4.58. The Morgan fingerprint density at radius 1 is 1.07 bits per heavy atom. The molecule has 0 aliphatic carbocycles. The fourth-order valence-corrected chi connectivity index (χ4v) is 7.60. The van der Waals surface area contributed by atoms with Crippen LogP contribution in [0.25, 0.3) is 16.5 Å². The van der Waals surface area contributed by atoms with Gasteiger partial charge in [0.1, 0.15) is 15.8 Å². The molecule has 216 valence electrons. The lowest BCUT2D eigenvalue weighted by molar-refractivity contribution is -0.116. The van der Waals surface area contributed by atoms with Crippen molar-refractivity contribution in [1.82, 2.24) is 9.47 Å². The highest BCUT2D eigenvalue weighted by Crippen LogP contribution is 2.27. The van der Waals surface area contributed by atoms with E-state index >= 15 is 4.39 Å². The number of pyridine rings is 1. The zero-order valence-electron chi connectivity index (χ0n) is 22.1. The number of hydrogen-bond acceptors (Lipinski definition) is 8. The van der Waals surface area contributed by atoms with Crippen LogP contribution in [0.5, 0.6) is 0 Å². The van der Waals surface area contributed by atoms with E-state index < -0.39 is 27.2 Å². The first-order valence-corrected chi connectivity index (χ1v) is 16.0. The molecule has 0 amide bonds. The number of carbonyl (C=O) groups excluding carboxylic acids is 1. The molecule has 1 saturated heterocycles. The number of sulfone groups is 1. The highest BCUT2D eigenvalue weighted by Gasteiger charge is 2.22. The van der Waals surface area contributed by atoms with Crippen molar-refractivity contribution in [1.29, 1.82) is 0 Å². The van der Waals surface area contributed by atoms with Crippen LogP contribution in [0.4, 0.5) is 10.1 Å². The molecule has 5 rings (SSSR count). The summed E-state index contributed by atoms with van der Waals surface area (Å²) in [7, 11) is -3.83. The third-order valence-corrected chi connectivity index (χ3v) is 10.4. The number of halogens is 2. The van der Waals surface area contributed by atoms with E-state index in [1.807, 2.05) is 12.1 Å². The molecule has 0 spiro atoms. The summed E-state index contributed by atoms with van der Waals surface area (Å²) >= 11 is 6.69. The van der Waals surface area contributed by atoms with Gasteiger partial charge in [-0.25, -0.2) is 12.8 Å². The Labute approximate surface area is 246 Å². The lowest BCUT2D eigenvalue weighted by Crippen LogP contribution is -2.37. The molecule has 1 aliphatic rings. The van der Waals surface area contributed by atoms with Gasteiger partial charge < -0.3 is 10.1 Å². The summed E-state index contributed by atoms with van der Waals surface area (Å²) in [6, 6.07) is 14.1. The second kappa shape index (κ2) is 12.8. The van der Waals surface area contributed by atoms with E-state index in [0.717, 1.165) is 74.3 Å². The molecular formula is C29H29ClFN3O5S2. The van der Waals surface area contributed by atoms with Crippen molar-refractivity contribution < 1.29 is 22.3 Å². The maximum atomic E-state index is 15.1. The van der Waals surface area contributed by atoms with Crippen molar-refractivity contribution in [3.63, 3.8) is 0 Å². The van der Waals surface area contributed by atoms with E-state index in [0.29, 0.717) is 15.3 Å². The number of Topliss-reactive ketones (excluding diaryl/α,β-unsaturated/α-hetero) is 1. The number of rotatable bonds is 11. The third-order valence-electron chi connectivity index (χ3n) is 6.87. The standard InChI is InChI=1S/C29H29ClFN3O5S2/c30-27-6-7-28(40-27)41(37,38)19-23(35)16-20-2-5-26(25(31)17-20)34-11-8-21-18-22(3-4-24(21)29(34)36)32-9-1-10-33-12-14-39-15-13-33/h2-8,11,17-18,32H,1,9-10,12-16,19H2. The number of ketones is 1. The Morgan fingerprint density at radius 2 is 1.88 bits per heavy atom. The molecule has 3 heterocycles. The molecule has 2 aromatic carbocycles. The molecule has 1 N–H and O–H groups in total. The highest BCUT2D eigenvalue weighted by atomic mass is 35.5. The summed E-state index contributed by atoms with van der Waals surface area (Å²) in [5.74, 6) is -1.97. The van der Waals surface area contributed by atoms with Gasteiger partial charge in [-0.2, -0.15) is 0 Å². The van der Waals surface area contributed by atoms with Crippen molar-refractivity contribution in [2.75, 3.05) is 50.5 Å². The Balaban J connectivity index is 1.24. The van der Waals surface area contributed by atoms with Gasteiger partial charge in [0.25, 0.3) is 5.56 Å². The smallest absolute Gasteiger partial charge is 0.263 e. The molecule has 0 unspecified atom stereocenters. The van der Waals surface area contributed by atoms with Crippen LogP contribution < -0.4 is 10.9 Å². The molecule has 0 saturated carbocycles. The fraction of sp³-hybridized carbons (Fsp3) is 0.310. The van der Waals surface area contributed by atoms with Gasteiger partial charge in [-0.3, -0.25) is 19.1 Å². The van der Waals surface area contributed by atoms with Crippen molar-refractivity contribution >= 4 is 55.0 Å². The molecule has 8 nitrogen and oxygen atoms in total. The molecule has 1 fully saturated rings. The molecule has 0 radical (unpaired) electrons. The second-order valence-corrected chi connectivity index (χ2v) is 13.8. The molecule has 2 aromatic heterocycles. The summed E-state index contributed by atoms with van der Waals surface area (Å²) in [5.41, 5.74) is 0.888. The number of carbonyl (C=O) groups is 1. The summed E-state index contributed by atoms with van der Waals surface area (Å²) in [6.45, 7) is 5.27. The SMILES string of the molecule is O=C(Cc1ccc(-n2ccc3cc(NCCCN4CCOCC4)ccc3c2=O)c(F)c1)CS(=O)(=O)c1ccc(Cl)s1. The topological polar surface area (TPSA) is 97.7 Å². The maximum absolute atomic E-state index is 15.1. The largest absolute Gasteiger partial charge is 0.385 e. The van der Waals surface area contributed by atoms with E-state index in [9.17, 15) is 18.0 Å². The van der Waals surface area contributed by atoms with Crippen molar-refractivity contribution in [2.45, 2.75) is 17.1 Å². The quantitative estimate of drug-likeness (QED) is 0.246. The number of morpholine rings is 1. The van der Waals surface area contributed by atoms with Crippen molar-refractivity contribution in [3.05, 3.63) is 86.9 Å². The average molecular weight is 618 g/mol. The van der Waals surface area contributed by atoms with Gasteiger partial charge in [0.2, 0.25) is 0 Å². The van der Waals surface area contributed by atoms with Crippen LogP contribution >= 0.6 is 22.9 Å². The van der Waals surface area contributed by atoms with Crippen LogP contribution in [0, 0.1) is 5.82 Å². The minimum absolute atomic E-state index is 0.0136. The number of ether oxygens (including phenoxy) is 1. The van der Waals surface area contributed by atoms with Gasteiger partial charge in [-0.15, -0.1) is 11.3 Å². The molecule has 41 heavy (non-hydrogen) atoms. The van der Waals surface area contributed by atoms with Crippen LogP contribution in [0.1, 0.15) is 12.0 Å². The lowest BCUT2D eigenvalue weighted by atomic mass is 10.1. The van der Waals surface area contributed by atoms with E-state index in [4.69, 9.17) is 16.3 Å². The van der Waals surface area contributed by atoms with Gasteiger partial charge in [-0.05, 0) is 72.4 Å². The Kier molecular flexibility index (Phi) is 9.20. The van der Waals surface area contributed by atoms with Gasteiger partial charge in [0.05, 0.1) is 23.2 Å². The Bertz CT molecular complexity index is 1730. The minimum atomic E-state index is -3.83. The zero-order valence-corrected chi connectivity index (χ0v) is 24.5. The molecule has 0 bridgehead atoms. The first-order valence-electron chi connectivity index (χ1n) is 13.2. The zero-order chi connectivity index (χ0) is 29.0. The molecule has 12 heteroatoms. The monoisotopic (exact) mass is 617 g/mol. The molecular weight excluding hydrogens is 589 g/mol. The van der Waals surface area contributed by atoms with E-state index in [1.165, 1.54) is 35.0 Å². The number of anilines is 1. The number of benzene rings is 2. The van der Waals surface area contributed by atoms with Crippen LogP contribution in [0.2, 0.25) is 4.34 Å². The first kappa shape index (κ1) is 29.4. The third kappa shape index (κ3) is 7.22. The predicted molar refractivity (Wildman–Crippen MR) is 160 cm³/mol. The second-order valence-electron chi connectivity index (χ2n) is 9.85. The first-order chi connectivity index (χ1) is 19.7. The number of thiophene rings is 1. The number of hydrogen-bond donors (Lipinski definition) is 1. The van der Waals surface area contributed by atoms with Crippen LogP contribution in [0.15, 0.2) is 69.8 Å². The van der Waals surface area contributed by atoms with Crippen LogP contribution in [-0.4, -0.2) is 68.8 Å². The number of fused-ring (bicyclic) bond motifs is 1. The highest BCUT2D eigenvalue weighted by molar-refractivity contribution is 7.94. The average Bonchev–Trinajstić information content (AvgIpc) is 3.39. The Morgan fingerprint density at radius 3 is 2.61 bits per heavy atom. The number of nitrogens with one attached hydrogen (secondary N) is 1. The van der Waals surface area contributed by atoms with Gasteiger partial charge >= 0.3 is 0 Å². The fourth-order valence-electron chi connectivity index (χ4n) is 4.79. The predicted octanol–water partition coefficient (Wildman–Crippen LogP) is 4.56. The van der Waals surface area contributed by atoms with Crippen molar-refractivity contribution in [3.8, 4) is 5.69 Å². The molecule has 1 aliphatic heterocycles. The van der Waals surface area contributed by atoms with Crippen LogP contribution in [0.3, 0.4) is 0 Å². The summed E-state index contributed by atoms with van der Waals surface area (Å²) < 4.78 is 47.0. The van der Waals surface area contributed by atoms with E-state index in [2.05, 4.69) is 10.2 Å². The molecule has 4 aromatic rings. The van der Waals surface area contributed by atoms with Gasteiger partial charge in [-0.1, -0.05) is 17.7 Å². The molecule has 0 atom stereocenters. The minimum Gasteiger partial charge on any atom is -0.385 e. The van der Waals surface area contributed by atoms with Gasteiger partial charge in [0.15, 0.2) is 15.6 Å². The van der Waals surface area contributed by atoms with E-state index in [1.54, 1.807) is 12.1 Å². The van der Waals surface area contributed by atoms with E-state index in [-0.39, 0.29) is 21.9 Å². The summed E-state index contributed by atoms with van der Waals surface area (Å²) in [6.07, 6.45) is 2.25. The number of nitrogens with zero attached hydrogens (tertiary/aromatic N) is 2. The van der Waals surface area contributed by atoms with Crippen molar-refractivity contribution in [2.24, 2.45) is 0 Å². The van der Waals surface area contributed by atoms with Gasteiger partial charge in [0, 0.05) is 43.3 Å². The normalized spacial score (nSPS) is 14.4. The Hall–Kier alpha value is -3.09. The van der Waals surface area contributed by atoms with Crippen LogP contribution in [-0.2, 0) is 25.8 Å². The summed E-state index contributed by atoms with van der Waals surface area (Å²) in [4.78, 5) is 28.1. The number of aromatic nitrogens is 1. The lowest BCUT2D eigenvalue weighted by Gasteiger charge is -2.26.